The van der Waals surface area contributed by atoms with Gasteiger partial charge in [-0.1, -0.05) is 12.1 Å². The minimum absolute atomic E-state index is 0.0458. The number of allylic oxidation sites excluding steroid dienone is 1. The van der Waals surface area contributed by atoms with Crippen molar-refractivity contribution in [2.75, 3.05) is 14.2 Å². The SMILES string of the molecule is COc1cc(C=C(C#N)C(=O)c2c[nH]c3cccc(C)c23)cc(OC)c1. The van der Waals surface area contributed by atoms with Gasteiger partial charge in [-0.25, -0.2) is 0 Å². The molecule has 5 heteroatoms. The summed E-state index contributed by atoms with van der Waals surface area (Å²) < 4.78 is 10.5. The minimum atomic E-state index is -0.324. The highest BCUT2D eigenvalue weighted by atomic mass is 16.5. The molecule has 5 nitrogen and oxygen atoms in total. The highest BCUT2D eigenvalue weighted by molar-refractivity contribution is 6.20. The number of aryl methyl sites for hydroxylation is 1. The van der Waals surface area contributed by atoms with Crippen LogP contribution in [0.4, 0.5) is 0 Å². The molecule has 1 heterocycles. The van der Waals surface area contributed by atoms with Crippen LogP contribution in [-0.4, -0.2) is 25.0 Å². The molecular weight excluding hydrogens is 328 g/mol. The zero-order valence-corrected chi connectivity index (χ0v) is 14.8. The van der Waals surface area contributed by atoms with Crippen LogP contribution in [0.1, 0.15) is 21.5 Å². The Balaban J connectivity index is 2.07. The Bertz CT molecular complexity index is 1030. The summed E-state index contributed by atoms with van der Waals surface area (Å²) in [6.07, 6.45) is 3.20. The van der Waals surface area contributed by atoms with E-state index in [1.807, 2.05) is 31.2 Å². The number of hydrogen-bond acceptors (Lipinski definition) is 4. The minimum Gasteiger partial charge on any atom is -0.497 e. The standard InChI is InChI=1S/C21H18N2O3/c1-13-5-4-6-19-20(13)18(12-23-19)21(24)15(11-22)7-14-8-16(25-2)10-17(9-14)26-3/h4-10,12,23H,1-3H3. The molecule has 3 aromatic rings. The molecule has 0 saturated heterocycles. The summed E-state index contributed by atoms with van der Waals surface area (Å²) in [6, 6.07) is 13.0. The lowest BCUT2D eigenvalue weighted by Gasteiger charge is -2.06. The second-order valence-corrected chi connectivity index (χ2v) is 5.84. The van der Waals surface area contributed by atoms with Crippen molar-refractivity contribution in [1.29, 1.82) is 5.26 Å². The number of carbonyl (C=O) groups is 1. The van der Waals surface area contributed by atoms with E-state index in [1.165, 1.54) is 0 Å². The Morgan fingerprint density at radius 1 is 1.15 bits per heavy atom. The third-order valence-electron chi connectivity index (χ3n) is 4.21. The van der Waals surface area contributed by atoms with Crippen LogP contribution in [0.5, 0.6) is 11.5 Å². The van der Waals surface area contributed by atoms with E-state index in [1.54, 1.807) is 44.7 Å². The highest BCUT2D eigenvalue weighted by Crippen LogP contribution is 2.27. The molecule has 0 saturated carbocycles. The van der Waals surface area contributed by atoms with Crippen LogP contribution >= 0.6 is 0 Å². The van der Waals surface area contributed by atoms with Gasteiger partial charge in [0.2, 0.25) is 5.78 Å². The summed E-state index contributed by atoms with van der Waals surface area (Å²) in [5.74, 6) is 0.849. The quantitative estimate of drug-likeness (QED) is 0.425. The van der Waals surface area contributed by atoms with Gasteiger partial charge in [-0.3, -0.25) is 4.79 Å². The maximum atomic E-state index is 12.9. The van der Waals surface area contributed by atoms with Gasteiger partial charge in [0.05, 0.1) is 14.2 Å². The van der Waals surface area contributed by atoms with E-state index in [9.17, 15) is 10.1 Å². The van der Waals surface area contributed by atoms with Crippen LogP contribution in [0, 0.1) is 18.3 Å². The van der Waals surface area contributed by atoms with Gasteiger partial charge in [0.15, 0.2) is 0 Å². The number of benzene rings is 2. The number of ketones is 1. The molecule has 0 aliphatic carbocycles. The zero-order chi connectivity index (χ0) is 18.7. The predicted octanol–water partition coefficient (Wildman–Crippen LogP) is 4.28. The number of nitriles is 1. The number of nitrogens with zero attached hydrogens (tertiary/aromatic N) is 1. The molecule has 0 bridgehead atoms. The van der Waals surface area contributed by atoms with Crippen molar-refractivity contribution in [3.63, 3.8) is 0 Å². The second-order valence-electron chi connectivity index (χ2n) is 5.84. The van der Waals surface area contributed by atoms with Crippen molar-refractivity contribution in [2.24, 2.45) is 0 Å². The van der Waals surface area contributed by atoms with Crippen molar-refractivity contribution in [3.8, 4) is 17.6 Å². The van der Waals surface area contributed by atoms with Gasteiger partial charge in [0, 0.05) is 28.7 Å². The van der Waals surface area contributed by atoms with E-state index < -0.39 is 0 Å². The van der Waals surface area contributed by atoms with Crippen LogP contribution in [0.2, 0.25) is 0 Å². The van der Waals surface area contributed by atoms with Crippen molar-refractivity contribution in [1.82, 2.24) is 4.98 Å². The summed E-state index contributed by atoms with van der Waals surface area (Å²) in [5.41, 5.74) is 3.04. The van der Waals surface area contributed by atoms with Gasteiger partial charge in [0.1, 0.15) is 23.1 Å². The van der Waals surface area contributed by atoms with Crippen molar-refractivity contribution in [3.05, 3.63) is 64.9 Å². The second kappa shape index (κ2) is 7.16. The molecule has 1 aromatic heterocycles. The molecule has 1 N–H and O–H groups in total. The monoisotopic (exact) mass is 346 g/mol. The summed E-state index contributed by atoms with van der Waals surface area (Å²) in [4.78, 5) is 16.0. The number of H-pyrrole nitrogens is 1. The Morgan fingerprint density at radius 3 is 2.46 bits per heavy atom. The Kier molecular flexibility index (Phi) is 4.76. The van der Waals surface area contributed by atoms with E-state index in [4.69, 9.17) is 9.47 Å². The Morgan fingerprint density at radius 2 is 1.85 bits per heavy atom. The first kappa shape index (κ1) is 17.3. The number of nitrogens with one attached hydrogen (secondary N) is 1. The first-order valence-electron chi connectivity index (χ1n) is 8.03. The molecule has 0 fully saturated rings. The lowest BCUT2D eigenvalue weighted by atomic mass is 9.99. The molecule has 0 radical (unpaired) electrons. The maximum absolute atomic E-state index is 12.9. The van der Waals surface area contributed by atoms with Crippen LogP contribution in [0.15, 0.2) is 48.2 Å². The third-order valence-corrected chi connectivity index (χ3v) is 4.21. The summed E-state index contributed by atoms with van der Waals surface area (Å²) in [6.45, 7) is 1.94. The molecule has 2 aromatic carbocycles. The van der Waals surface area contributed by atoms with Gasteiger partial charge < -0.3 is 14.5 Å². The molecule has 0 aliphatic rings. The third kappa shape index (κ3) is 3.17. The number of aromatic nitrogens is 1. The Labute approximate surface area is 151 Å². The van der Waals surface area contributed by atoms with Crippen LogP contribution in [0.25, 0.3) is 17.0 Å². The van der Waals surface area contributed by atoms with E-state index in [2.05, 4.69) is 4.98 Å². The average molecular weight is 346 g/mol. The molecule has 0 atom stereocenters. The number of aromatic amines is 1. The molecular formula is C21H18N2O3. The van der Waals surface area contributed by atoms with Gasteiger partial charge in [0.25, 0.3) is 0 Å². The first-order chi connectivity index (χ1) is 12.6. The molecule has 3 rings (SSSR count). The van der Waals surface area contributed by atoms with E-state index in [0.29, 0.717) is 22.6 Å². The molecule has 0 unspecified atom stereocenters. The Hall–Kier alpha value is -3.52. The smallest absolute Gasteiger partial charge is 0.205 e. The van der Waals surface area contributed by atoms with Crippen molar-refractivity contribution in [2.45, 2.75) is 6.92 Å². The average Bonchev–Trinajstić information content (AvgIpc) is 3.10. The predicted molar refractivity (Wildman–Crippen MR) is 101 cm³/mol. The van der Waals surface area contributed by atoms with Crippen LogP contribution in [-0.2, 0) is 0 Å². The fourth-order valence-corrected chi connectivity index (χ4v) is 2.92. The number of methoxy groups -OCH3 is 2. The summed E-state index contributed by atoms with van der Waals surface area (Å²) in [5, 5.41) is 10.4. The van der Waals surface area contributed by atoms with Gasteiger partial charge in [-0.15, -0.1) is 0 Å². The maximum Gasteiger partial charge on any atom is 0.205 e. The van der Waals surface area contributed by atoms with Gasteiger partial charge in [-0.2, -0.15) is 5.26 Å². The van der Waals surface area contributed by atoms with E-state index in [-0.39, 0.29) is 11.4 Å². The summed E-state index contributed by atoms with van der Waals surface area (Å²) in [7, 11) is 3.10. The fourth-order valence-electron chi connectivity index (χ4n) is 2.92. The zero-order valence-electron chi connectivity index (χ0n) is 14.8. The fraction of sp³-hybridized carbons (Fsp3) is 0.143. The number of Topliss-reactive ketones (excluding diaryl/α,β-unsaturated/α-hetero) is 1. The molecule has 0 amide bonds. The van der Waals surface area contributed by atoms with Crippen molar-refractivity contribution >= 4 is 22.8 Å². The molecule has 26 heavy (non-hydrogen) atoms. The molecule has 0 spiro atoms. The van der Waals surface area contributed by atoms with Gasteiger partial charge >= 0.3 is 0 Å². The van der Waals surface area contributed by atoms with Crippen LogP contribution < -0.4 is 9.47 Å². The van der Waals surface area contributed by atoms with E-state index in [0.717, 1.165) is 16.5 Å². The summed E-state index contributed by atoms with van der Waals surface area (Å²) >= 11 is 0. The van der Waals surface area contributed by atoms with Crippen molar-refractivity contribution < 1.29 is 14.3 Å². The van der Waals surface area contributed by atoms with Gasteiger partial charge in [-0.05, 0) is 42.3 Å². The number of hydrogen-bond donors (Lipinski definition) is 1. The first-order valence-corrected chi connectivity index (χ1v) is 8.03. The highest BCUT2D eigenvalue weighted by Gasteiger charge is 2.18. The van der Waals surface area contributed by atoms with Crippen LogP contribution in [0.3, 0.4) is 0 Å². The number of carbonyl (C=O) groups excluding carboxylic acids is 1. The lowest BCUT2D eigenvalue weighted by Crippen LogP contribution is -2.01. The topological polar surface area (TPSA) is 75.1 Å². The number of rotatable bonds is 5. The normalized spacial score (nSPS) is 11.2. The number of ether oxygens (including phenoxy) is 2. The molecule has 130 valence electrons. The molecule has 0 aliphatic heterocycles. The lowest BCUT2D eigenvalue weighted by molar-refractivity contribution is 0.104. The number of fused-ring (bicyclic) bond motifs is 1. The van der Waals surface area contributed by atoms with E-state index >= 15 is 0 Å². The largest absolute Gasteiger partial charge is 0.497 e.